The Balaban J connectivity index is 3.03. The Morgan fingerprint density at radius 1 is 1.33 bits per heavy atom. The van der Waals surface area contributed by atoms with Gasteiger partial charge in [0.05, 0.1) is 6.61 Å². The molecule has 0 unspecified atom stereocenters. The van der Waals surface area contributed by atoms with E-state index in [9.17, 15) is 0 Å². The third kappa shape index (κ3) is 9.66. The highest BCUT2D eigenvalue weighted by atomic mass is 16.5. The van der Waals surface area contributed by atoms with E-state index in [0.717, 1.165) is 26.2 Å². The molecule has 0 aromatic rings. The minimum Gasteiger partial charge on any atom is -0.378 e. The van der Waals surface area contributed by atoms with E-state index in [1.165, 1.54) is 0 Å². The third-order valence-electron chi connectivity index (χ3n) is 1.45. The molecule has 1 N–H and O–H groups in total. The maximum absolute atomic E-state index is 5.15. The molecule has 0 aliphatic rings. The van der Waals surface area contributed by atoms with E-state index in [1.54, 1.807) is 0 Å². The van der Waals surface area contributed by atoms with E-state index >= 15 is 0 Å². The Bertz CT molecular complexity index is 110. The van der Waals surface area contributed by atoms with Crippen molar-refractivity contribution in [1.82, 2.24) is 5.32 Å². The Labute approximate surface area is 76.0 Å². The lowest BCUT2D eigenvalue weighted by Gasteiger charge is -2.04. The average Bonchev–Trinajstić information content (AvgIpc) is 2.02. The summed E-state index contributed by atoms with van der Waals surface area (Å²) < 4.78 is 5.15. The molecule has 0 fully saturated rings. The van der Waals surface area contributed by atoms with Crippen molar-refractivity contribution in [1.29, 1.82) is 0 Å². The summed E-state index contributed by atoms with van der Waals surface area (Å²) >= 11 is 0. The van der Waals surface area contributed by atoms with Gasteiger partial charge in [-0.3, -0.25) is 0 Å². The summed E-state index contributed by atoms with van der Waals surface area (Å²) in [6.45, 7) is 8.93. The Kier molecular flexibility index (Phi) is 8.51. The minimum absolute atomic E-state index is 0.588. The van der Waals surface area contributed by atoms with Crippen LogP contribution in [0.15, 0.2) is 12.2 Å². The van der Waals surface area contributed by atoms with Gasteiger partial charge in [-0.25, -0.2) is 0 Å². The third-order valence-corrected chi connectivity index (χ3v) is 1.45. The van der Waals surface area contributed by atoms with Gasteiger partial charge in [0.25, 0.3) is 0 Å². The van der Waals surface area contributed by atoms with Gasteiger partial charge < -0.3 is 10.1 Å². The van der Waals surface area contributed by atoms with Gasteiger partial charge in [-0.05, 0) is 19.9 Å². The van der Waals surface area contributed by atoms with Crippen molar-refractivity contribution in [2.24, 2.45) is 0 Å². The van der Waals surface area contributed by atoms with Crippen LogP contribution in [0, 0.1) is 0 Å². The topological polar surface area (TPSA) is 21.3 Å². The van der Waals surface area contributed by atoms with Crippen LogP contribution in [0.1, 0.15) is 27.2 Å². The van der Waals surface area contributed by atoms with Crippen molar-refractivity contribution in [2.45, 2.75) is 33.2 Å². The van der Waals surface area contributed by atoms with Crippen LogP contribution < -0.4 is 5.32 Å². The summed E-state index contributed by atoms with van der Waals surface area (Å²) in [5, 5.41) is 3.34. The molecule has 72 valence electrons. The Morgan fingerprint density at radius 3 is 2.67 bits per heavy atom. The van der Waals surface area contributed by atoms with Crippen LogP contribution in [0.25, 0.3) is 0 Å². The maximum atomic E-state index is 5.15. The molecule has 0 saturated heterocycles. The molecular formula is C10H21NO. The van der Waals surface area contributed by atoms with Crippen molar-refractivity contribution in [2.75, 3.05) is 19.8 Å². The average molecular weight is 171 g/mol. The van der Waals surface area contributed by atoms with Crippen LogP contribution in [-0.4, -0.2) is 25.8 Å². The molecule has 2 heteroatoms. The molecule has 0 heterocycles. The summed E-state index contributed by atoms with van der Waals surface area (Å²) in [5.74, 6) is 0. The first-order valence-electron chi connectivity index (χ1n) is 4.73. The van der Waals surface area contributed by atoms with E-state index in [1.807, 2.05) is 6.92 Å². The molecule has 0 aliphatic heterocycles. The molecule has 0 aromatic carbocycles. The Morgan fingerprint density at radius 2 is 2.08 bits per heavy atom. The van der Waals surface area contributed by atoms with Crippen LogP contribution in [-0.2, 0) is 4.74 Å². The second-order valence-electron chi connectivity index (χ2n) is 3.03. The van der Waals surface area contributed by atoms with E-state index in [2.05, 4.69) is 31.3 Å². The van der Waals surface area contributed by atoms with Crippen LogP contribution in [0.3, 0.4) is 0 Å². The summed E-state index contributed by atoms with van der Waals surface area (Å²) in [7, 11) is 0. The first kappa shape index (κ1) is 11.7. The predicted molar refractivity (Wildman–Crippen MR) is 53.4 cm³/mol. The molecule has 0 amide bonds. The normalized spacial score (nSPS) is 11.7. The largest absolute Gasteiger partial charge is 0.378 e. The van der Waals surface area contributed by atoms with Crippen molar-refractivity contribution >= 4 is 0 Å². The number of rotatable bonds is 7. The van der Waals surface area contributed by atoms with Crippen molar-refractivity contribution in [3.63, 3.8) is 0 Å². The zero-order valence-corrected chi connectivity index (χ0v) is 8.47. The van der Waals surface area contributed by atoms with Gasteiger partial charge in [-0.1, -0.05) is 26.0 Å². The van der Waals surface area contributed by atoms with Gasteiger partial charge >= 0.3 is 0 Å². The summed E-state index contributed by atoms with van der Waals surface area (Å²) in [4.78, 5) is 0. The number of hydrogen-bond acceptors (Lipinski definition) is 2. The van der Waals surface area contributed by atoms with Gasteiger partial charge in [0.1, 0.15) is 0 Å². The highest BCUT2D eigenvalue weighted by Crippen LogP contribution is 1.84. The molecule has 0 aliphatic carbocycles. The molecular weight excluding hydrogens is 150 g/mol. The summed E-state index contributed by atoms with van der Waals surface area (Å²) in [5.41, 5.74) is 0. The molecule has 0 saturated carbocycles. The number of ether oxygens (including phenoxy) is 1. The van der Waals surface area contributed by atoms with Crippen LogP contribution in [0.2, 0.25) is 0 Å². The smallest absolute Gasteiger partial charge is 0.0647 e. The van der Waals surface area contributed by atoms with E-state index in [4.69, 9.17) is 4.74 Å². The zero-order valence-electron chi connectivity index (χ0n) is 8.47. The molecule has 0 atom stereocenters. The van der Waals surface area contributed by atoms with Crippen molar-refractivity contribution in [3.8, 4) is 0 Å². The van der Waals surface area contributed by atoms with Gasteiger partial charge in [0, 0.05) is 12.6 Å². The summed E-state index contributed by atoms with van der Waals surface area (Å²) in [6, 6.07) is 0.588. The van der Waals surface area contributed by atoms with Gasteiger partial charge in [0.15, 0.2) is 0 Å². The van der Waals surface area contributed by atoms with Crippen LogP contribution in [0.5, 0.6) is 0 Å². The fraction of sp³-hybridized carbons (Fsp3) is 0.800. The van der Waals surface area contributed by atoms with Crippen molar-refractivity contribution < 1.29 is 4.74 Å². The summed E-state index contributed by atoms with van der Waals surface area (Å²) in [6.07, 6.45) is 5.32. The monoisotopic (exact) mass is 171 g/mol. The molecule has 2 nitrogen and oxygen atoms in total. The highest BCUT2D eigenvalue weighted by Gasteiger charge is 1.87. The zero-order chi connectivity index (χ0) is 9.23. The standard InChI is InChI=1S/C10H21NO/c1-4-12-9-7-5-6-8-11-10(2)3/h5,7,10-11H,4,6,8-9H2,1-3H3. The molecule has 12 heavy (non-hydrogen) atoms. The molecule has 0 rings (SSSR count). The Hall–Kier alpha value is -0.340. The predicted octanol–water partition coefficient (Wildman–Crippen LogP) is 1.97. The number of nitrogens with one attached hydrogen (secondary N) is 1. The van der Waals surface area contributed by atoms with Crippen molar-refractivity contribution in [3.05, 3.63) is 12.2 Å². The first-order valence-corrected chi connectivity index (χ1v) is 4.73. The lowest BCUT2D eigenvalue weighted by atomic mass is 10.3. The minimum atomic E-state index is 0.588. The maximum Gasteiger partial charge on any atom is 0.0647 e. The first-order chi connectivity index (χ1) is 5.77. The highest BCUT2D eigenvalue weighted by molar-refractivity contribution is 4.82. The SMILES string of the molecule is CCOCC=CCCNC(C)C. The molecule has 0 aromatic heterocycles. The van der Waals surface area contributed by atoms with E-state index in [-0.39, 0.29) is 0 Å². The van der Waals surface area contributed by atoms with Gasteiger partial charge in [-0.2, -0.15) is 0 Å². The molecule has 0 radical (unpaired) electrons. The lowest BCUT2D eigenvalue weighted by Crippen LogP contribution is -2.23. The molecule has 0 spiro atoms. The molecule has 0 bridgehead atoms. The van der Waals surface area contributed by atoms with E-state index < -0.39 is 0 Å². The fourth-order valence-corrected chi connectivity index (χ4v) is 0.827. The van der Waals surface area contributed by atoms with Gasteiger partial charge in [-0.15, -0.1) is 0 Å². The fourth-order valence-electron chi connectivity index (χ4n) is 0.827. The second kappa shape index (κ2) is 8.75. The van der Waals surface area contributed by atoms with Crippen LogP contribution in [0.4, 0.5) is 0 Å². The second-order valence-corrected chi connectivity index (χ2v) is 3.03. The quantitative estimate of drug-likeness (QED) is 0.467. The number of hydrogen-bond donors (Lipinski definition) is 1. The lowest BCUT2D eigenvalue weighted by molar-refractivity contribution is 0.177. The van der Waals surface area contributed by atoms with E-state index in [0.29, 0.717) is 6.04 Å². The van der Waals surface area contributed by atoms with Crippen LogP contribution >= 0.6 is 0 Å². The van der Waals surface area contributed by atoms with Gasteiger partial charge in [0.2, 0.25) is 0 Å².